The van der Waals surface area contributed by atoms with Crippen LogP contribution in [0.3, 0.4) is 0 Å². The van der Waals surface area contributed by atoms with Gasteiger partial charge in [0.25, 0.3) is 0 Å². The molecule has 0 aliphatic heterocycles. The quantitative estimate of drug-likeness (QED) is 0.801. The Labute approximate surface area is 93.1 Å². The van der Waals surface area contributed by atoms with Gasteiger partial charge in [-0.1, -0.05) is 26.8 Å². The first kappa shape index (κ1) is 12.2. The fourth-order valence-electron chi connectivity index (χ4n) is 2.07. The molecular weight excluding hydrogens is 184 g/mol. The first-order valence-electron chi connectivity index (χ1n) is 5.70. The van der Waals surface area contributed by atoms with Crippen molar-refractivity contribution in [3.05, 3.63) is 30.1 Å². The second-order valence-electron chi connectivity index (χ2n) is 4.79. The molecule has 0 spiro atoms. The molecule has 0 saturated heterocycles. The molecule has 0 fully saturated rings. The van der Waals surface area contributed by atoms with Crippen LogP contribution in [0.2, 0.25) is 0 Å². The lowest BCUT2D eigenvalue weighted by atomic mass is 9.80. The molecule has 0 saturated carbocycles. The Morgan fingerprint density at radius 3 is 2.73 bits per heavy atom. The van der Waals surface area contributed by atoms with Crippen molar-refractivity contribution in [1.82, 2.24) is 10.3 Å². The fraction of sp³-hybridized carbons (Fsp3) is 0.615. The van der Waals surface area contributed by atoms with E-state index >= 15 is 0 Å². The summed E-state index contributed by atoms with van der Waals surface area (Å²) < 4.78 is 0. The SMILES string of the molecule is CCNC(C)CC(C)(C)c1cccnc1. The summed E-state index contributed by atoms with van der Waals surface area (Å²) in [5, 5.41) is 3.45. The molecule has 0 aliphatic rings. The van der Waals surface area contributed by atoms with Crippen LogP contribution in [0, 0.1) is 0 Å². The topological polar surface area (TPSA) is 24.9 Å². The highest BCUT2D eigenvalue weighted by Crippen LogP contribution is 2.27. The molecule has 2 nitrogen and oxygen atoms in total. The molecule has 1 unspecified atom stereocenters. The third-order valence-electron chi connectivity index (χ3n) is 2.81. The Balaban J connectivity index is 2.67. The van der Waals surface area contributed by atoms with Crippen LogP contribution in [0.4, 0.5) is 0 Å². The third kappa shape index (κ3) is 3.63. The Morgan fingerprint density at radius 2 is 2.20 bits per heavy atom. The molecule has 1 rings (SSSR count). The molecule has 0 aromatic carbocycles. The minimum absolute atomic E-state index is 0.190. The van der Waals surface area contributed by atoms with E-state index in [0.29, 0.717) is 6.04 Å². The molecule has 2 heteroatoms. The lowest BCUT2D eigenvalue weighted by Gasteiger charge is -2.28. The average Bonchev–Trinajstić information content (AvgIpc) is 2.18. The van der Waals surface area contributed by atoms with E-state index in [9.17, 15) is 0 Å². The van der Waals surface area contributed by atoms with Crippen molar-refractivity contribution in [3.8, 4) is 0 Å². The van der Waals surface area contributed by atoms with Crippen LogP contribution in [0.15, 0.2) is 24.5 Å². The minimum atomic E-state index is 0.190. The fourth-order valence-corrected chi connectivity index (χ4v) is 2.07. The highest BCUT2D eigenvalue weighted by molar-refractivity contribution is 5.19. The van der Waals surface area contributed by atoms with Gasteiger partial charge >= 0.3 is 0 Å². The van der Waals surface area contributed by atoms with Gasteiger partial charge < -0.3 is 5.32 Å². The summed E-state index contributed by atoms with van der Waals surface area (Å²) in [6.45, 7) is 9.97. The lowest BCUT2D eigenvalue weighted by Crippen LogP contribution is -2.33. The molecule has 1 aromatic rings. The van der Waals surface area contributed by atoms with Crippen LogP contribution in [0.1, 0.15) is 39.7 Å². The van der Waals surface area contributed by atoms with E-state index in [4.69, 9.17) is 0 Å². The van der Waals surface area contributed by atoms with Crippen LogP contribution in [-0.2, 0) is 5.41 Å². The summed E-state index contributed by atoms with van der Waals surface area (Å²) in [4.78, 5) is 4.18. The predicted molar refractivity (Wildman–Crippen MR) is 65.0 cm³/mol. The van der Waals surface area contributed by atoms with Gasteiger partial charge in [0.2, 0.25) is 0 Å². The van der Waals surface area contributed by atoms with Gasteiger partial charge in [0.05, 0.1) is 0 Å². The van der Waals surface area contributed by atoms with Crippen molar-refractivity contribution in [2.45, 2.75) is 45.6 Å². The second kappa shape index (κ2) is 5.26. The van der Waals surface area contributed by atoms with E-state index in [-0.39, 0.29) is 5.41 Å². The summed E-state index contributed by atoms with van der Waals surface area (Å²) in [5.41, 5.74) is 1.50. The van der Waals surface area contributed by atoms with Gasteiger partial charge in [0.15, 0.2) is 0 Å². The molecule has 0 bridgehead atoms. The van der Waals surface area contributed by atoms with Crippen LogP contribution >= 0.6 is 0 Å². The van der Waals surface area contributed by atoms with E-state index in [1.807, 2.05) is 18.5 Å². The van der Waals surface area contributed by atoms with Crippen LogP contribution in [0.5, 0.6) is 0 Å². The highest BCUT2D eigenvalue weighted by atomic mass is 14.9. The molecular formula is C13H22N2. The Morgan fingerprint density at radius 1 is 1.47 bits per heavy atom. The van der Waals surface area contributed by atoms with Gasteiger partial charge in [-0.25, -0.2) is 0 Å². The van der Waals surface area contributed by atoms with Crippen LogP contribution in [0.25, 0.3) is 0 Å². The van der Waals surface area contributed by atoms with Gasteiger partial charge in [0.1, 0.15) is 0 Å². The third-order valence-corrected chi connectivity index (χ3v) is 2.81. The van der Waals surface area contributed by atoms with E-state index < -0.39 is 0 Å². The monoisotopic (exact) mass is 206 g/mol. The number of rotatable bonds is 5. The van der Waals surface area contributed by atoms with Crippen LogP contribution in [-0.4, -0.2) is 17.6 Å². The van der Waals surface area contributed by atoms with Crippen molar-refractivity contribution in [3.63, 3.8) is 0 Å². The largest absolute Gasteiger partial charge is 0.315 e. The molecule has 1 aromatic heterocycles. The number of nitrogens with zero attached hydrogens (tertiary/aromatic N) is 1. The zero-order chi connectivity index (χ0) is 11.3. The zero-order valence-electron chi connectivity index (χ0n) is 10.2. The van der Waals surface area contributed by atoms with E-state index in [1.54, 1.807) is 0 Å². The zero-order valence-corrected chi connectivity index (χ0v) is 10.2. The highest BCUT2D eigenvalue weighted by Gasteiger charge is 2.22. The van der Waals surface area contributed by atoms with Gasteiger partial charge in [-0.3, -0.25) is 4.98 Å². The maximum absolute atomic E-state index is 4.18. The van der Waals surface area contributed by atoms with Gasteiger partial charge in [-0.05, 0) is 36.9 Å². The molecule has 15 heavy (non-hydrogen) atoms. The van der Waals surface area contributed by atoms with Gasteiger partial charge in [-0.2, -0.15) is 0 Å². The normalized spacial score (nSPS) is 13.9. The van der Waals surface area contributed by atoms with E-state index in [0.717, 1.165) is 13.0 Å². The first-order valence-corrected chi connectivity index (χ1v) is 5.70. The van der Waals surface area contributed by atoms with Crippen LogP contribution < -0.4 is 5.32 Å². The molecule has 1 atom stereocenters. The summed E-state index contributed by atoms with van der Waals surface area (Å²) >= 11 is 0. The summed E-state index contributed by atoms with van der Waals surface area (Å²) in [5.74, 6) is 0. The number of pyridine rings is 1. The van der Waals surface area contributed by atoms with Crippen molar-refractivity contribution >= 4 is 0 Å². The average molecular weight is 206 g/mol. The molecule has 1 heterocycles. The van der Waals surface area contributed by atoms with Crippen molar-refractivity contribution < 1.29 is 0 Å². The number of hydrogen-bond acceptors (Lipinski definition) is 2. The number of nitrogens with one attached hydrogen (secondary N) is 1. The molecule has 84 valence electrons. The van der Waals surface area contributed by atoms with Gasteiger partial charge in [-0.15, -0.1) is 0 Å². The minimum Gasteiger partial charge on any atom is -0.315 e. The summed E-state index contributed by atoms with van der Waals surface area (Å²) in [6.07, 6.45) is 4.93. The van der Waals surface area contributed by atoms with Gasteiger partial charge in [0, 0.05) is 18.4 Å². The Hall–Kier alpha value is -0.890. The predicted octanol–water partition coefficient (Wildman–Crippen LogP) is 2.75. The number of hydrogen-bond donors (Lipinski definition) is 1. The first-order chi connectivity index (χ1) is 7.06. The maximum Gasteiger partial charge on any atom is 0.0305 e. The molecule has 0 amide bonds. The summed E-state index contributed by atoms with van der Waals surface area (Å²) in [7, 11) is 0. The maximum atomic E-state index is 4.18. The molecule has 1 N–H and O–H groups in total. The standard InChI is InChI=1S/C13H22N2/c1-5-15-11(2)9-13(3,4)12-7-6-8-14-10-12/h6-8,10-11,15H,5,9H2,1-4H3. The second-order valence-corrected chi connectivity index (χ2v) is 4.79. The smallest absolute Gasteiger partial charge is 0.0305 e. The molecule has 0 radical (unpaired) electrons. The number of aromatic nitrogens is 1. The Kier molecular flexibility index (Phi) is 4.28. The van der Waals surface area contributed by atoms with E-state index in [1.165, 1.54) is 5.56 Å². The van der Waals surface area contributed by atoms with E-state index in [2.05, 4.69) is 44.1 Å². The van der Waals surface area contributed by atoms with Crippen molar-refractivity contribution in [2.24, 2.45) is 0 Å². The Bertz CT molecular complexity index is 280. The summed E-state index contributed by atoms with van der Waals surface area (Å²) in [6, 6.07) is 4.71. The van der Waals surface area contributed by atoms with Crippen molar-refractivity contribution in [2.75, 3.05) is 6.54 Å². The lowest BCUT2D eigenvalue weighted by molar-refractivity contribution is 0.393. The molecule has 0 aliphatic carbocycles. The van der Waals surface area contributed by atoms with Crippen molar-refractivity contribution in [1.29, 1.82) is 0 Å².